The number of hydrogen-bond donors (Lipinski definition) is 0. The molecule has 0 radical (unpaired) electrons. The van der Waals surface area contributed by atoms with Crippen LogP contribution in [0.2, 0.25) is 10.0 Å². The normalized spacial score (nSPS) is 10.2. The molecule has 2 aromatic carbocycles. The van der Waals surface area contributed by atoms with Gasteiger partial charge in [0, 0.05) is 15.6 Å². The van der Waals surface area contributed by atoms with Crippen LogP contribution in [-0.2, 0) is 0 Å². The number of halogens is 2. The van der Waals surface area contributed by atoms with Gasteiger partial charge in [-0.3, -0.25) is 4.79 Å². The van der Waals surface area contributed by atoms with Crippen LogP contribution < -0.4 is 4.74 Å². The van der Waals surface area contributed by atoms with E-state index in [9.17, 15) is 4.79 Å². The first-order valence-corrected chi connectivity index (χ1v) is 6.04. The van der Waals surface area contributed by atoms with Crippen molar-refractivity contribution in [3.05, 3.63) is 57.6 Å². The highest BCUT2D eigenvalue weighted by Crippen LogP contribution is 2.29. The minimum Gasteiger partial charge on any atom is -0.457 e. The lowest BCUT2D eigenvalue weighted by Gasteiger charge is -2.08. The van der Waals surface area contributed by atoms with Gasteiger partial charge < -0.3 is 4.74 Å². The number of aryl methyl sites for hydroxylation is 1. The van der Waals surface area contributed by atoms with Crippen LogP contribution in [0.25, 0.3) is 0 Å². The van der Waals surface area contributed by atoms with E-state index >= 15 is 0 Å². The molecular formula is C14H10Cl2O2. The molecule has 92 valence electrons. The molecule has 0 saturated heterocycles. The minimum atomic E-state index is 0.513. The van der Waals surface area contributed by atoms with E-state index in [1.54, 1.807) is 36.4 Å². The van der Waals surface area contributed by atoms with Crippen molar-refractivity contribution < 1.29 is 9.53 Å². The lowest BCUT2D eigenvalue weighted by Crippen LogP contribution is -1.89. The fraction of sp³-hybridized carbons (Fsp3) is 0.0714. The molecule has 0 aliphatic carbocycles. The summed E-state index contributed by atoms with van der Waals surface area (Å²) in [5.41, 5.74) is 1.50. The minimum absolute atomic E-state index is 0.513. The Hall–Kier alpha value is -1.51. The molecule has 0 saturated carbocycles. The van der Waals surface area contributed by atoms with E-state index in [2.05, 4.69) is 0 Å². The summed E-state index contributed by atoms with van der Waals surface area (Å²) in [6.07, 6.45) is 0.815. The molecule has 0 aliphatic heterocycles. The van der Waals surface area contributed by atoms with Gasteiger partial charge in [-0.05, 0) is 48.9 Å². The monoisotopic (exact) mass is 280 g/mol. The van der Waals surface area contributed by atoms with E-state index in [0.29, 0.717) is 27.1 Å². The summed E-state index contributed by atoms with van der Waals surface area (Å²) in [6, 6.07) is 10.2. The van der Waals surface area contributed by atoms with E-state index in [1.165, 1.54) is 0 Å². The third kappa shape index (κ3) is 3.03. The molecule has 18 heavy (non-hydrogen) atoms. The Morgan fingerprint density at radius 1 is 1.00 bits per heavy atom. The van der Waals surface area contributed by atoms with Gasteiger partial charge in [0.05, 0.1) is 0 Å². The molecule has 0 atom stereocenters. The highest BCUT2D eigenvalue weighted by atomic mass is 35.5. The van der Waals surface area contributed by atoms with Crippen molar-refractivity contribution in [3.63, 3.8) is 0 Å². The van der Waals surface area contributed by atoms with Crippen LogP contribution in [0.5, 0.6) is 11.5 Å². The highest BCUT2D eigenvalue weighted by Gasteiger charge is 2.03. The maximum absolute atomic E-state index is 10.7. The molecule has 0 unspecified atom stereocenters. The summed E-state index contributed by atoms with van der Waals surface area (Å²) in [7, 11) is 0. The fourth-order valence-electron chi connectivity index (χ4n) is 1.57. The lowest BCUT2D eigenvalue weighted by atomic mass is 10.1. The van der Waals surface area contributed by atoms with Crippen LogP contribution >= 0.6 is 23.2 Å². The van der Waals surface area contributed by atoms with Crippen LogP contribution in [-0.4, -0.2) is 6.29 Å². The summed E-state index contributed by atoms with van der Waals surface area (Å²) < 4.78 is 5.64. The molecule has 0 heterocycles. The predicted molar refractivity (Wildman–Crippen MR) is 73.1 cm³/mol. The second-order valence-corrected chi connectivity index (χ2v) is 4.72. The van der Waals surface area contributed by atoms with Crippen molar-refractivity contribution >= 4 is 29.5 Å². The van der Waals surface area contributed by atoms with E-state index in [1.807, 2.05) is 6.92 Å². The van der Waals surface area contributed by atoms with Gasteiger partial charge in [-0.15, -0.1) is 0 Å². The number of aldehydes is 1. The number of carbonyl (C=O) groups excluding carboxylic acids is 1. The molecule has 0 amide bonds. The van der Waals surface area contributed by atoms with Gasteiger partial charge in [-0.1, -0.05) is 23.2 Å². The van der Waals surface area contributed by atoms with Gasteiger partial charge in [0.1, 0.15) is 17.8 Å². The van der Waals surface area contributed by atoms with E-state index in [4.69, 9.17) is 27.9 Å². The second-order valence-electron chi connectivity index (χ2n) is 3.84. The van der Waals surface area contributed by atoms with Crippen molar-refractivity contribution in [2.45, 2.75) is 6.92 Å². The van der Waals surface area contributed by atoms with E-state index in [0.717, 1.165) is 11.8 Å². The Morgan fingerprint density at radius 3 is 2.22 bits per heavy atom. The maximum atomic E-state index is 10.7. The molecule has 0 N–H and O–H groups in total. The average molecular weight is 281 g/mol. The van der Waals surface area contributed by atoms with Crippen molar-refractivity contribution in [3.8, 4) is 11.5 Å². The van der Waals surface area contributed by atoms with Gasteiger partial charge in [-0.2, -0.15) is 0 Å². The number of hydrogen-bond acceptors (Lipinski definition) is 2. The molecule has 0 aromatic heterocycles. The molecule has 4 heteroatoms. The second kappa shape index (κ2) is 5.42. The van der Waals surface area contributed by atoms with Crippen molar-refractivity contribution in [2.75, 3.05) is 0 Å². The zero-order chi connectivity index (χ0) is 13.1. The summed E-state index contributed by atoms with van der Waals surface area (Å²) in [4.78, 5) is 10.7. The molecule has 2 aromatic rings. The Kier molecular flexibility index (Phi) is 3.90. The summed E-state index contributed by atoms with van der Waals surface area (Å²) in [5, 5.41) is 1.03. The van der Waals surface area contributed by atoms with Crippen LogP contribution in [0.4, 0.5) is 0 Å². The number of benzene rings is 2. The van der Waals surface area contributed by atoms with Crippen LogP contribution in [0.15, 0.2) is 36.4 Å². The van der Waals surface area contributed by atoms with Gasteiger partial charge in [-0.25, -0.2) is 0 Å². The molecular weight excluding hydrogens is 271 g/mol. The van der Waals surface area contributed by atoms with Crippen LogP contribution in [0, 0.1) is 6.92 Å². The van der Waals surface area contributed by atoms with Gasteiger partial charge in [0.2, 0.25) is 0 Å². The Bertz CT molecular complexity index is 574. The molecule has 0 aliphatic rings. The summed E-state index contributed by atoms with van der Waals surface area (Å²) in [5.74, 6) is 1.20. The Balaban J connectivity index is 2.28. The maximum Gasteiger partial charge on any atom is 0.150 e. The molecule has 0 fully saturated rings. The van der Waals surface area contributed by atoms with Gasteiger partial charge in [0.15, 0.2) is 0 Å². The van der Waals surface area contributed by atoms with Crippen molar-refractivity contribution in [1.82, 2.24) is 0 Å². The topological polar surface area (TPSA) is 26.3 Å². The highest BCUT2D eigenvalue weighted by molar-refractivity contribution is 6.34. The quantitative estimate of drug-likeness (QED) is 0.747. The average Bonchev–Trinajstić information content (AvgIpc) is 2.27. The predicted octanol–water partition coefficient (Wildman–Crippen LogP) is 4.91. The summed E-state index contributed by atoms with van der Waals surface area (Å²) in [6.45, 7) is 1.85. The number of carbonyl (C=O) groups is 1. The zero-order valence-corrected chi connectivity index (χ0v) is 11.1. The first-order valence-electron chi connectivity index (χ1n) is 5.28. The number of ether oxygens (including phenoxy) is 1. The Morgan fingerprint density at radius 2 is 1.67 bits per heavy atom. The van der Waals surface area contributed by atoms with Crippen molar-refractivity contribution in [2.24, 2.45) is 0 Å². The molecule has 2 rings (SSSR count). The van der Waals surface area contributed by atoms with Crippen molar-refractivity contribution in [1.29, 1.82) is 0 Å². The SMILES string of the molecule is Cc1cc(Oc2cc(Cl)cc(Cl)c2)ccc1C=O. The van der Waals surface area contributed by atoms with E-state index < -0.39 is 0 Å². The fourth-order valence-corrected chi connectivity index (χ4v) is 2.07. The van der Waals surface area contributed by atoms with Gasteiger partial charge >= 0.3 is 0 Å². The van der Waals surface area contributed by atoms with Gasteiger partial charge in [0.25, 0.3) is 0 Å². The summed E-state index contributed by atoms with van der Waals surface area (Å²) >= 11 is 11.8. The smallest absolute Gasteiger partial charge is 0.150 e. The zero-order valence-electron chi connectivity index (χ0n) is 9.61. The third-order valence-electron chi connectivity index (χ3n) is 2.44. The first-order chi connectivity index (χ1) is 8.58. The first kappa shape index (κ1) is 12.9. The molecule has 0 spiro atoms. The standard InChI is InChI=1S/C14H10Cl2O2/c1-9-4-13(3-2-10(9)8-17)18-14-6-11(15)5-12(16)7-14/h2-8H,1H3. The van der Waals surface area contributed by atoms with E-state index in [-0.39, 0.29) is 0 Å². The Labute approximate surface area is 115 Å². The van der Waals surface area contributed by atoms with Crippen LogP contribution in [0.1, 0.15) is 15.9 Å². The molecule has 0 bridgehead atoms. The number of rotatable bonds is 3. The largest absolute Gasteiger partial charge is 0.457 e. The molecule has 2 nitrogen and oxygen atoms in total. The van der Waals surface area contributed by atoms with Crippen LogP contribution in [0.3, 0.4) is 0 Å². The lowest BCUT2D eigenvalue weighted by molar-refractivity contribution is 0.112. The third-order valence-corrected chi connectivity index (χ3v) is 2.88.